The predicted molar refractivity (Wildman–Crippen MR) is 236 cm³/mol. The van der Waals surface area contributed by atoms with Crippen LogP contribution in [-0.4, -0.2) is 149 Å². The molecule has 2 aliphatic rings. The van der Waals surface area contributed by atoms with Gasteiger partial charge in [-0.2, -0.15) is 0 Å². The van der Waals surface area contributed by atoms with Gasteiger partial charge in [0.2, 0.25) is 0 Å². The van der Waals surface area contributed by atoms with Crippen molar-refractivity contribution in [3.63, 3.8) is 0 Å². The number of hydrogen-bond acceptors (Lipinski definition) is 14. The van der Waals surface area contributed by atoms with Crippen molar-refractivity contribution in [1.29, 1.82) is 0 Å². The van der Waals surface area contributed by atoms with Crippen molar-refractivity contribution < 1.29 is 127 Å². The van der Waals surface area contributed by atoms with E-state index >= 15 is 0 Å². The Kier molecular flexibility index (Phi) is 49.5. The normalized spacial score (nSPS) is 12.0. The van der Waals surface area contributed by atoms with Gasteiger partial charge >= 0.3 is 0 Å². The number of thiophene rings is 2. The first-order valence-corrected chi connectivity index (χ1v) is 21.0. The van der Waals surface area contributed by atoms with E-state index in [0.717, 1.165) is 83.4 Å². The summed E-state index contributed by atoms with van der Waals surface area (Å²) in [5, 5.41) is 21.7. The summed E-state index contributed by atoms with van der Waals surface area (Å²) < 4.78 is 9.66. The molecule has 0 atom stereocenters. The first-order valence-electron chi connectivity index (χ1n) is 18.4. The average molecular weight is 1350 g/mol. The fourth-order valence-electron chi connectivity index (χ4n) is 4.40. The number of piperazine rings is 2. The second-order valence-corrected chi connectivity index (χ2v) is 14.0. The van der Waals surface area contributed by atoms with Gasteiger partial charge in [-0.1, -0.05) is 12.1 Å². The van der Waals surface area contributed by atoms with E-state index < -0.39 is 5.24 Å². The Morgan fingerprint density at radius 2 is 0.983 bits per heavy atom. The van der Waals surface area contributed by atoms with Crippen molar-refractivity contribution in [2.24, 2.45) is 0 Å². The number of halogens is 2. The molecule has 2 saturated heterocycles. The van der Waals surface area contributed by atoms with E-state index in [0.29, 0.717) is 23.7 Å². The minimum absolute atomic E-state index is 0. The van der Waals surface area contributed by atoms with Gasteiger partial charge in [0.25, 0.3) is 22.3 Å². The standard InChI is InChI=1S/C10H16N2O2.C10H16N2OS.C5H3ClO2.C5H3ClOS.2C4H10N2.2Ac.2H2O/c2*1-3-12(7-6-11-2)10(13)9-5-4-8-14-9;2*6-5(7)4-2-1-3-8-4;2*1-2-6-4-3-5-1;;;;/h2*4-5,8,11H,3,6-7H2,1-2H3;2*1-3H;2*5-6H,1-4H2;;;2*1H2. The molecular weight excluding hydrogens is 1290 g/mol. The zero-order valence-corrected chi connectivity index (χ0v) is 47.5. The van der Waals surface area contributed by atoms with Crippen LogP contribution >= 0.6 is 45.9 Å². The molecule has 6 rings (SSSR count). The second kappa shape index (κ2) is 45.0. The molecule has 0 spiro atoms. The Bertz CT molecular complexity index is 1400. The van der Waals surface area contributed by atoms with Gasteiger partial charge in [0.15, 0.2) is 11.5 Å². The fraction of sp³-hybridized carbons (Fsp3) is 0.474. The minimum atomic E-state index is -0.560. The number of nitrogens with one attached hydrogen (secondary N) is 6. The maximum Gasteiger partial charge on any atom is 0.289 e. The van der Waals surface area contributed by atoms with Crippen molar-refractivity contribution in [3.8, 4) is 0 Å². The summed E-state index contributed by atoms with van der Waals surface area (Å²) >= 11 is 13.0. The molecule has 0 aliphatic carbocycles. The van der Waals surface area contributed by atoms with E-state index in [1.807, 2.05) is 55.7 Å². The van der Waals surface area contributed by atoms with Gasteiger partial charge in [0.05, 0.1) is 22.3 Å². The molecule has 2 aliphatic heterocycles. The molecule has 0 unspecified atom stereocenters. The summed E-state index contributed by atoms with van der Waals surface area (Å²) in [6.07, 6.45) is 2.91. The van der Waals surface area contributed by atoms with Crippen LogP contribution in [0.4, 0.5) is 0 Å². The molecular formula is C38H62Ac2Cl2N8O8S2. The summed E-state index contributed by atoms with van der Waals surface area (Å²) in [4.78, 5) is 49.1. The van der Waals surface area contributed by atoms with Crippen molar-refractivity contribution in [1.82, 2.24) is 41.7 Å². The van der Waals surface area contributed by atoms with Crippen LogP contribution in [0.15, 0.2) is 80.7 Å². The van der Waals surface area contributed by atoms with Gasteiger partial charge in [-0.25, -0.2) is 0 Å². The third-order valence-corrected chi connectivity index (χ3v) is 9.64. The Labute approximate surface area is 444 Å². The van der Waals surface area contributed by atoms with Gasteiger partial charge in [0.1, 0.15) is 0 Å². The molecule has 22 heteroatoms. The Morgan fingerprint density at radius 3 is 1.23 bits per heavy atom. The molecule has 334 valence electrons. The summed E-state index contributed by atoms with van der Waals surface area (Å²) in [6.45, 7) is 17.6. The van der Waals surface area contributed by atoms with Crippen LogP contribution in [0.2, 0.25) is 0 Å². The van der Waals surface area contributed by atoms with Crippen molar-refractivity contribution in [3.05, 3.63) is 93.1 Å². The third kappa shape index (κ3) is 32.1. The molecule has 16 nitrogen and oxygen atoms in total. The van der Waals surface area contributed by atoms with E-state index in [-0.39, 0.29) is 122 Å². The van der Waals surface area contributed by atoms with Crippen LogP contribution in [0, 0.1) is 88.1 Å². The van der Waals surface area contributed by atoms with E-state index in [4.69, 9.17) is 27.6 Å². The summed E-state index contributed by atoms with van der Waals surface area (Å²) in [7, 11) is 3.76. The van der Waals surface area contributed by atoms with Crippen molar-refractivity contribution in [2.75, 3.05) is 106 Å². The molecule has 10 N–H and O–H groups in total. The number of carbonyl (C=O) groups is 4. The van der Waals surface area contributed by atoms with Gasteiger partial charge < -0.3 is 61.5 Å². The maximum absolute atomic E-state index is 11.9. The van der Waals surface area contributed by atoms with Gasteiger partial charge in [-0.3, -0.25) is 19.2 Å². The van der Waals surface area contributed by atoms with Crippen molar-refractivity contribution in [2.45, 2.75) is 13.8 Å². The molecule has 6 heterocycles. The molecule has 2 amide bonds. The molecule has 0 bridgehead atoms. The predicted octanol–water partition coefficient (Wildman–Crippen LogP) is 2.89. The van der Waals surface area contributed by atoms with E-state index in [2.05, 4.69) is 36.3 Å². The van der Waals surface area contributed by atoms with Crippen LogP contribution < -0.4 is 31.9 Å². The number of rotatable bonds is 12. The number of amides is 2. The Balaban J connectivity index is -0.000000319. The summed E-state index contributed by atoms with van der Waals surface area (Å²) in [5.41, 5.74) is 0. The average Bonchev–Trinajstić information content (AvgIpc) is 4.10. The first-order chi connectivity index (χ1) is 27.2. The van der Waals surface area contributed by atoms with Crippen LogP contribution in [-0.2, 0) is 0 Å². The molecule has 0 saturated carbocycles. The number of hydrogen-bond donors (Lipinski definition) is 6. The van der Waals surface area contributed by atoms with Crippen LogP contribution in [0.1, 0.15) is 54.3 Å². The van der Waals surface area contributed by atoms with E-state index in [9.17, 15) is 19.2 Å². The molecule has 0 aromatic carbocycles. The first kappa shape index (κ1) is 66.0. The maximum atomic E-state index is 11.9. The van der Waals surface area contributed by atoms with Crippen LogP contribution in [0.5, 0.6) is 0 Å². The number of furan rings is 2. The minimum Gasteiger partial charge on any atom is -0.460 e. The zero-order valence-electron chi connectivity index (χ0n) is 34.9. The SMILES string of the molecule is C1CNCCN1.C1CNCCN1.CCN(CCNC)C(=O)c1ccco1.CCN(CCNC)C(=O)c1cccs1.O.O.O=C(Cl)c1ccco1.O=C(Cl)c1cccs1.[Ac].[Ac]. The van der Waals surface area contributed by atoms with Crippen LogP contribution in [0.3, 0.4) is 0 Å². The largest absolute Gasteiger partial charge is 0.460 e. The zero-order chi connectivity index (χ0) is 41.2. The Morgan fingerprint density at radius 1 is 0.600 bits per heavy atom. The quantitative estimate of drug-likeness (QED) is 0.113. The monoisotopic (exact) mass is 1350 g/mol. The number of likely N-dealkylation sites (N-methyl/N-ethyl adjacent to an activating group) is 4. The molecule has 2 fully saturated rings. The Hall–Kier alpha value is -0.617. The molecule has 60 heavy (non-hydrogen) atoms. The van der Waals surface area contributed by atoms with Crippen molar-refractivity contribution >= 4 is 68.2 Å². The number of carbonyl (C=O) groups excluding carboxylic acids is 4. The summed E-state index contributed by atoms with van der Waals surface area (Å²) in [6, 6.07) is 13.8. The van der Waals surface area contributed by atoms with Crippen LogP contribution in [0.25, 0.3) is 0 Å². The summed E-state index contributed by atoms with van der Waals surface area (Å²) in [5.74, 6) is 0.681. The smallest absolute Gasteiger partial charge is 0.289 e. The third-order valence-electron chi connectivity index (χ3n) is 7.41. The topological polar surface area (TPSA) is 236 Å². The van der Waals surface area contributed by atoms with E-state index in [1.54, 1.807) is 35.2 Å². The van der Waals surface area contributed by atoms with E-state index in [1.165, 1.54) is 41.3 Å². The second-order valence-electron chi connectivity index (χ2n) is 11.4. The molecule has 2 radical (unpaired) electrons. The van der Waals surface area contributed by atoms with Gasteiger partial charge in [-0.15, -0.1) is 22.7 Å². The van der Waals surface area contributed by atoms with Gasteiger partial charge in [-0.05, 0) is 98.3 Å². The molecule has 4 aromatic rings. The van der Waals surface area contributed by atoms with Gasteiger partial charge in [0, 0.05) is 180 Å². The fourth-order valence-corrected chi connectivity index (χ4v) is 5.95. The molecule has 4 aromatic heterocycles. The number of nitrogens with zero attached hydrogens (tertiary/aromatic N) is 2.